The molecule has 17 heavy (non-hydrogen) atoms. The summed E-state index contributed by atoms with van der Waals surface area (Å²) in [6, 6.07) is 0. The first-order valence-electron chi connectivity index (χ1n) is 7.33. The van der Waals surface area contributed by atoms with Gasteiger partial charge in [0.05, 0.1) is 0 Å². The summed E-state index contributed by atoms with van der Waals surface area (Å²) in [4.78, 5) is 0. The molecule has 0 amide bonds. The third-order valence-corrected chi connectivity index (χ3v) is 3.49. The van der Waals surface area contributed by atoms with Crippen molar-refractivity contribution in [1.82, 2.24) is 0 Å². The lowest BCUT2D eigenvalue weighted by Gasteiger charge is -2.09. The maximum Gasteiger partial charge on any atom is 0.122 e. The minimum absolute atomic E-state index is 0.111. The molecule has 0 heterocycles. The molecule has 0 aromatic rings. The van der Waals surface area contributed by atoms with Crippen molar-refractivity contribution >= 4 is 19.9 Å². The zero-order chi connectivity index (χ0) is 12.3. The van der Waals surface area contributed by atoms with Crippen molar-refractivity contribution < 1.29 is 0 Å². The first kappa shape index (κ1) is 15.0. The second-order valence-electron chi connectivity index (χ2n) is 4.92. The molecule has 0 radical (unpaired) electrons. The Kier molecular flexibility index (Phi) is 8.82. The summed E-state index contributed by atoms with van der Waals surface area (Å²) in [7, 11) is -0.111. The molecule has 0 aromatic heterocycles. The van der Waals surface area contributed by atoms with Crippen LogP contribution in [0.1, 0.15) is 64.2 Å². The van der Waals surface area contributed by atoms with Crippen LogP contribution in [-0.4, -0.2) is 8.83 Å². The van der Waals surface area contributed by atoms with Gasteiger partial charge in [0.1, 0.15) is 8.83 Å². The topological polar surface area (TPSA) is 0 Å². The molecule has 0 aromatic carbocycles. The van der Waals surface area contributed by atoms with E-state index in [1.54, 1.807) is 11.1 Å². The predicted molar refractivity (Wildman–Crippen MR) is 82.6 cm³/mol. The van der Waals surface area contributed by atoms with Gasteiger partial charge >= 0.3 is 0 Å². The van der Waals surface area contributed by atoms with Crippen LogP contribution in [-0.2, 0) is 0 Å². The van der Waals surface area contributed by atoms with Crippen LogP contribution in [0.5, 0.6) is 0 Å². The number of rotatable bonds is 1. The molecular weight excluding hydrogens is 244 g/mol. The Morgan fingerprint density at radius 1 is 0.824 bits per heavy atom. The quantitative estimate of drug-likeness (QED) is 0.458. The Labute approximate surface area is 114 Å². The molecule has 0 saturated carbocycles. The molecule has 0 bridgehead atoms. The summed E-state index contributed by atoms with van der Waals surface area (Å²) in [5.74, 6) is 0. The van der Waals surface area contributed by atoms with Crippen LogP contribution in [0.15, 0.2) is 23.3 Å². The monoisotopic (exact) mass is 270 g/mol. The van der Waals surface area contributed by atoms with E-state index >= 15 is 0 Å². The highest BCUT2D eigenvalue weighted by Gasteiger charge is 2.09. The molecule has 0 unspecified atom stereocenters. The Morgan fingerprint density at radius 3 is 1.65 bits per heavy atom. The van der Waals surface area contributed by atoms with E-state index in [9.17, 15) is 0 Å². The van der Waals surface area contributed by atoms with Gasteiger partial charge in [-0.05, 0) is 62.5 Å². The first-order chi connectivity index (χ1) is 8.38. The number of allylic oxidation sites excluding steroid dienone is 4. The van der Waals surface area contributed by atoms with Crippen molar-refractivity contribution in [2.24, 2.45) is 0 Å². The maximum atomic E-state index is 5.14. The Bertz CT molecular complexity index is 230. The average molecular weight is 271 g/mol. The molecule has 2 rings (SSSR count). The number of halogens is 1. The SMILES string of the molecule is C1=C(C2=CCCCCC2)CCCCC1.C[SiH2]Cl. The summed E-state index contributed by atoms with van der Waals surface area (Å²) >= 11 is 5.14. The lowest BCUT2D eigenvalue weighted by atomic mass is 9.97. The van der Waals surface area contributed by atoms with E-state index in [2.05, 4.69) is 12.2 Å². The number of hydrogen-bond acceptors (Lipinski definition) is 0. The van der Waals surface area contributed by atoms with Gasteiger partial charge in [-0.3, -0.25) is 0 Å². The number of hydrogen-bond donors (Lipinski definition) is 0. The van der Waals surface area contributed by atoms with Crippen LogP contribution < -0.4 is 0 Å². The van der Waals surface area contributed by atoms with Gasteiger partial charge < -0.3 is 0 Å². The highest BCUT2D eigenvalue weighted by molar-refractivity contribution is 6.92. The normalized spacial score (nSPS) is 22.0. The fourth-order valence-corrected chi connectivity index (χ4v) is 2.61. The standard InChI is InChI=1S/C14H22.CH5ClSi/c1-2-6-10-13(9-5-1)14-11-7-3-4-8-12-14;1-3-2/h9,11H,1-8,10,12H2;3H2,1H3. The molecule has 0 atom stereocenters. The molecular formula is C15H27ClSi. The second-order valence-corrected chi connectivity index (χ2v) is 7.06. The molecule has 98 valence electrons. The van der Waals surface area contributed by atoms with Gasteiger partial charge in [0.25, 0.3) is 0 Å². The highest BCUT2D eigenvalue weighted by atomic mass is 35.6. The minimum atomic E-state index is -0.111. The molecule has 0 nitrogen and oxygen atoms in total. The van der Waals surface area contributed by atoms with Crippen LogP contribution in [0, 0.1) is 0 Å². The highest BCUT2D eigenvalue weighted by Crippen LogP contribution is 2.29. The molecule has 0 saturated heterocycles. The lowest BCUT2D eigenvalue weighted by molar-refractivity contribution is 0.699. The van der Waals surface area contributed by atoms with E-state index in [1.165, 1.54) is 64.2 Å². The summed E-state index contributed by atoms with van der Waals surface area (Å²) in [5, 5.41) is 0. The molecule has 2 heteroatoms. The van der Waals surface area contributed by atoms with Crippen molar-refractivity contribution in [3.05, 3.63) is 23.3 Å². The van der Waals surface area contributed by atoms with E-state index in [0.717, 1.165) is 0 Å². The summed E-state index contributed by atoms with van der Waals surface area (Å²) in [6.45, 7) is 2.03. The lowest BCUT2D eigenvalue weighted by Crippen LogP contribution is -1.89. The molecule has 0 fully saturated rings. The van der Waals surface area contributed by atoms with Crippen LogP contribution in [0.3, 0.4) is 0 Å². The van der Waals surface area contributed by atoms with E-state index in [1.807, 2.05) is 6.55 Å². The largest absolute Gasteiger partial charge is 0.176 e. The van der Waals surface area contributed by atoms with Crippen LogP contribution >= 0.6 is 11.1 Å². The van der Waals surface area contributed by atoms with E-state index in [0.29, 0.717) is 0 Å². The molecule has 0 spiro atoms. The molecule has 2 aliphatic carbocycles. The fraction of sp³-hybridized carbons (Fsp3) is 0.733. The van der Waals surface area contributed by atoms with Crippen molar-refractivity contribution in [2.45, 2.75) is 70.8 Å². The first-order valence-corrected chi connectivity index (χ1v) is 10.9. The smallest absolute Gasteiger partial charge is 0.122 e. The molecule has 0 aliphatic heterocycles. The van der Waals surface area contributed by atoms with Crippen molar-refractivity contribution in [1.29, 1.82) is 0 Å². The fourth-order valence-electron chi connectivity index (χ4n) is 2.61. The zero-order valence-electron chi connectivity index (χ0n) is 11.3. The van der Waals surface area contributed by atoms with Crippen molar-refractivity contribution in [3.8, 4) is 0 Å². The molecule has 2 aliphatic rings. The Morgan fingerprint density at radius 2 is 1.24 bits per heavy atom. The summed E-state index contributed by atoms with van der Waals surface area (Å²) < 4.78 is 0. The van der Waals surface area contributed by atoms with Gasteiger partial charge in [0.15, 0.2) is 0 Å². The van der Waals surface area contributed by atoms with Gasteiger partial charge in [-0.2, -0.15) is 11.1 Å². The van der Waals surface area contributed by atoms with Crippen molar-refractivity contribution in [2.75, 3.05) is 0 Å². The van der Waals surface area contributed by atoms with E-state index in [4.69, 9.17) is 11.1 Å². The summed E-state index contributed by atoms with van der Waals surface area (Å²) in [6.07, 6.45) is 18.9. The Hall–Kier alpha value is -0.0131. The Balaban J connectivity index is 0.000000437. The van der Waals surface area contributed by atoms with Crippen LogP contribution in [0.2, 0.25) is 6.55 Å². The molecule has 0 N–H and O–H groups in total. The summed E-state index contributed by atoms with van der Waals surface area (Å²) in [5.41, 5.74) is 3.40. The minimum Gasteiger partial charge on any atom is -0.176 e. The van der Waals surface area contributed by atoms with Crippen LogP contribution in [0.4, 0.5) is 0 Å². The maximum absolute atomic E-state index is 5.14. The van der Waals surface area contributed by atoms with Gasteiger partial charge in [-0.25, -0.2) is 0 Å². The van der Waals surface area contributed by atoms with E-state index < -0.39 is 0 Å². The average Bonchev–Trinajstić information content (AvgIpc) is 2.74. The van der Waals surface area contributed by atoms with Gasteiger partial charge in [-0.1, -0.05) is 31.5 Å². The van der Waals surface area contributed by atoms with Gasteiger partial charge in [0.2, 0.25) is 0 Å². The zero-order valence-corrected chi connectivity index (χ0v) is 13.5. The van der Waals surface area contributed by atoms with Crippen LogP contribution in [0.25, 0.3) is 0 Å². The van der Waals surface area contributed by atoms with E-state index in [-0.39, 0.29) is 8.83 Å². The van der Waals surface area contributed by atoms with Gasteiger partial charge in [0, 0.05) is 0 Å². The third kappa shape index (κ3) is 6.47. The predicted octanol–water partition coefficient (Wildman–Crippen LogP) is 5.12. The van der Waals surface area contributed by atoms with Gasteiger partial charge in [-0.15, -0.1) is 0 Å². The second kappa shape index (κ2) is 9.96. The van der Waals surface area contributed by atoms with Crippen molar-refractivity contribution in [3.63, 3.8) is 0 Å². The third-order valence-electron chi connectivity index (χ3n) is 3.49.